The number of rotatable bonds is 0. The first kappa shape index (κ1) is 15.7. The molecule has 0 rings (SSSR count). The van der Waals surface area contributed by atoms with Crippen LogP contribution >= 0.6 is 0 Å². The maximum atomic E-state index is 8.57. The molecular formula is H2BaIO4+. The van der Waals surface area contributed by atoms with E-state index in [1.54, 1.807) is 0 Å². The van der Waals surface area contributed by atoms with Crippen molar-refractivity contribution < 1.29 is 36.8 Å². The second-order valence-corrected chi connectivity index (χ2v) is 1.27. The van der Waals surface area contributed by atoms with E-state index in [4.69, 9.17) is 10.3 Å². The molecular weight excluding hydrogens is 328 g/mol. The van der Waals surface area contributed by atoms with Crippen LogP contribution in [0, 0.1) is 0 Å². The van der Waals surface area contributed by atoms with Crippen molar-refractivity contribution >= 4 is 48.9 Å². The Kier molecular flexibility index (Phi) is 26.7. The van der Waals surface area contributed by atoms with Crippen molar-refractivity contribution in [1.82, 2.24) is 0 Å². The summed E-state index contributed by atoms with van der Waals surface area (Å²) in [5.74, 6) is 0. The van der Waals surface area contributed by atoms with Gasteiger partial charge in [0.05, 0.1) is 0 Å². The summed E-state index contributed by atoms with van der Waals surface area (Å²) in [6, 6.07) is 0. The molecule has 0 atom stereocenters. The predicted octanol–water partition coefficient (Wildman–Crippen LogP) is -7.77. The van der Waals surface area contributed by atoms with Crippen molar-refractivity contribution in [2.45, 2.75) is 0 Å². The van der Waals surface area contributed by atoms with Gasteiger partial charge in [-0.1, -0.05) is 0 Å². The first-order chi connectivity index (χ1) is 1.73. The van der Waals surface area contributed by atoms with Crippen LogP contribution in [0.15, 0.2) is 0 Å². The van der Waals surface area contributed by atoms with Crippen LogP contribution in [0.4, 0.5) is 0 Å². The molecule has 34 valence electrons. The van der Waals surface area contributed by atoms with Crippen molar-refractivity contribution in [1.29, 1.82) is 0 Å². The molecule has 0 aliphatic heterocycles. The van der Waals surface area contributed by atoms with Crippen LogP contribution < -0.4 is 31.4 Å². The van der Waals surface area contributed by atoms with Gasteiger partial charge < -0.3 is 15.8 Å². The van der Waals surface area contributed by atoms with Gasteiger partial charge in [-0.2, -0.15) is 0 Å². The standard InChI is InChI=1S/Ba.IO3.H2O/c;2-1(3)4;/h;;1H2/q+2;-1;. The van der Waals surface area contributed by atoms with Gasteiger partial charge in [0, 0.05) is 0 Å². The summed E-state index contributed by atoms with van der Waals surface area (Å²) >= 11 is -4.01. The Labute approximate surface area is 84.0 Å². The first-order valence-electron chi connectivity index (χ1n) is 0.463. The van der Waals surface area contributed by atoms with E-state index in [0.29, 0.717) is 0 Å². The van der Waals surface area contributed by atoms with Gasteiger partial charge >= 0.3 is 48.9 Å². The molecule has 0 spiro atoms. The molecule has 0 unspecified atom stereocenters. The molecule has 0 fully saturated rings. The first-order valence-corrected chi connectivity index (χ1v) is 3.11. The minimum Gasteiger partial charge on any atom is -0.427 e. The largest absolute Gasteiger partial charge is 2.00 e. The van der Waals surface area contributed by atoms with Gasteiger partial charge in [0.2, 0.25) is 0 Å². The Morgan fingerprint density at radius 1 is 1.00 bits per heavy atom. The van der Waals surface area contributed by atoms with Crippen LogP contribution in [-0.2, 0) is 0 Å². The molecule has 0 bridgehead atoms. The smallest absolute Gasteiger partial charge is 0.427 e. The second kappa shape index (κ2) is 10.2. The molecule has 0 aliphatic carbocycles. The Balaban J connectivity index is -0.0000000450. The maximum Gasteiger partial charge on any atom is 2.00 e. The number of hydrogen-bond donors (Lipinski definition) is 0. The van der Waals surface area contributed by atoms with Crippen LogP contribution in [0.5, 0.6) is 0 Å². The molecule has 0 radical (unpaired) electrons. The molecule has 0 aliphatic rings. The van der Waals surface area contributed by atoms with Gasteiger partial charge in [0.1, 0.15) is 0 Å². The minimum atomic E-state index is -4.01. The fraction of sp³-hybridized carbons (Fsp3) is 0. The molecule has 0 saturated heterocycles. The third-order valence-corrected chi connectivity index (χ3v) is 0. The average Bonchev–Trinajstić information content (AvgIpc) is 0.811. The zero-order chi connectivity index (χ0) is 3.58. The third kappa shape index (κ3) is 35.4. The Morgan fingerprint density at radius 2 is 1.00 bits per heavy atom. The SMILES string of the molecule is O.[Ba+2].[O-][I+2]([O-])[O-]. The fourth-order valence-electron chi connectivity index (χ4n) is 0. The van der Waals surface area contributed by atoms with Crippen LogP contribution in [0.2, 0.25) is 0 Å². The maximum absolute atomic E-state index is 8.57. The van der Waals surface area contributed by atoms with E-state index < -0.39 is 21.1 Å². The van der Waals surface area contributed by atoms with Gasteiger partial charge in [0.25, 0.3) is 21.1 Å². The molecule has 0 saturated carbocycles. The van der Waals surface area contributed by atoms with E-state index in [2.05, 4.69) is 0 Å². The van der Waals surface area contributed by atoms with Crippen LogP contribution in [0.3, 0.4) is 0 Å². The monoisotopic (exact) mass is 331 g/mol. The van der Waals surface area contributed by atoms with Crippen molar-refractivity contribution in [2.24, 2.45) is 0 Å². The molecule has 6 heavy (non-hydrogen) atoms. The molecule has 6 heteroatoms. The van der Waals surface area contributed by atoms with Crippen molar-refractivity contribution in [3.8, 4) is 0 Å². The van der Waals surface area contributed by atoms with Crippen LogP contribution in [0.25, 0.3) is 0 Å². The summed E-state index contributed by atoms with van der Waals surface area (Å²) in [6.45, 7) is 0. The van der Waals surface area contributed by atoms with Gasteiger partial charge in [-0.15, -0.1) is 0 Å². The van der Waals surface area contributed by atoms with Gasteiger partial charge in [-0.3, -0.25) is 0 Å². The van der Waals surface area contributed by atoms with E-state index >= 15 is 0 Å². The minimum absolute atomic E-state index is 0. The fourth-order valence-corrected chi connectivity index (χ4v) is 0. The van der Waals surface area contributed by atoms with Gasteiger partial charge in [-0.25, -0.2) is 0 Å². The number of hydrogen-bond acceptors (Lipinski definition) is 3. The zero-order valence-electron chi connectivity index (χ0n) is 2.81. The molecule has 0 heterocycles. The Morgan fingerprint density at radius 3 is 1.00 bits per heavy atom. The summed E-state index contributed by atoms with van der Waals surface area (Å²) in [5, 5.41) is 0. The molecule has 0 aromatic heterocycles. The van der Waals surface area contributed by atoms with E-state index in [-0.39, 0.29) is 54.4 Å². The summed E-state index contributed by atoms with van der Waals surface area (Å²) < 4.78 is 25.7. The summed E-state index contributed by atoms with van der Waals surface area (Å²) in [4.78, 5) is 0. The van der Waals surface area contributed by atoms with E-state index in [1.807, 2.05) is 0 Å². The molecule has 2 N–H and O–H groups in total. The summed E-state index contributed by atoms with van der Waals surface area (Å²) in [7, 11) is 0. The predicted molar refractivity (Wildman–Crippen MR) is 9.37 cm³/mol. The molecule has 0 aromatic carbocycles. The Hall–Kier alpha value is 2.14. The second-order valence-electron chi connectivity index (χ2n) is 0.189. The summed E-state index contributed by atoms with van der Waals surface area (Å²) in [5.41, 5.74) is 0. The van der Waals surface area contributed by atoms with Crippen molar-refractivity contribution in [3.63, 3.8) is 0 Å². The van der Waals surface area contributed by atoms with Gasteiger partial charge in [-0.05, 0) is 0 Å². The van der Waals surface area contributed by atoms with Crippen molar-refractivity contribution in [3.05, 3.63) is 0 Å². The molecule has 4 nitrogen and oxygen atoms in total. The van der Waals surface area contributed by atoms with E-state index in [9.17, 15) is 0 Å². The van der Waals surface area contributed by atoms with E-state index in [0.717, 1.165) is 0 Å². The number of halogens is 1. The average molecular weight is 330 g/mol. The Bertz CT molecular complexity index is 12.3. The van der Waals surface area contributed by atoms with Crippen LogP contribution in [0.1, 0.15) is 0 Å². The quantitative estimate of drug-likeness (QED) is 0.326. The normalized spacial score (nSPS) is 6.00. The van der Waals surface area contributed by atoms with Crippen molar-refractivity contribution in [2.75, 3.05) is 0 Å². The zero-order valence-corrected chi connectivity index (χ0v) is 9.41. The third-order valence-electron chi connectivity index (χ3n) is 0. The topological polar surface area (TPSA) is 101 Å². The van der Waals surface area contributed by atoms with Crippen LogP contribution in [-0.4, -0.2) is 54.4 Å². The molecule has 0 amide bonds. The summed E-state index contributed by atoms with van der Waals surface area (Å²) in [6.07, 6.45) is 0. The van der Waals surface area contributed by atoms with Gasteiger partial charge in [0.15, 0.2) is 0 Å². The molecule has 0 aromatic rings. The van der Waals surface area contributed by atoms with E-state index in [1.165, 1.54) is 0 Å².